The van der Waals surface area contributed by atoms with E-state index in [0.29, 0.717) is 0 Å². The van der Waals surface area contributed by atoms with E-state index in [-0.39, 0.29) is 5.71 Å². The molecule has 0 aromatic heterocycles. The summed E-state index contributed by atoms with van der Waals surface area (Å²) < 4.78 is 10.1. The molecule has 2 N–H and O–H groups in total. The van der Waals surface area contributed by atoms with Crippen molar-refractivity contribution in [3.05, 3.63) is 83.9 Å². The van der Waals surface area contributed by atoms with Crippen LogP contribution in [0.15, 0.2) is 77.9 Å². The highest BCUT2D eigenvalue weighted by Crippen LogP contribution is 2.49. The summed E-state index contributed by atoms with van der Waals surface area (Å²) in [6, 6.07) is 17.7. The first-order valence-electron chi connectivity index (χ1n) is 9.64. The summed E-state index contributed by atoms with van der Waals surface area (Å²) in [4.78, 5) is 25.9. The number of benzene rings is 2. The van der Waals surface area contributed by atoms with Crippen LogP contribution in [0.1, 0.15) is 23.1 Å². The topological polar surface area (TPSA) is 94.2 Å². The molecular formula is C23H23N3O4. The molecule has 0 fully saturated rings. The van der Waals surface area contributed by atoms with Crippen LogP contribution in [0.4, 0.5) is 0 Å². The highest BCUT2D eigenvalue weighted by atomic mass is 16.5. The summed E-state index contributed by atoms with van der Waals surface area (Å²) in [6.45, 7) is 0. The SMILES string of the molecule is COC(=O)C1=NN2C(c3ccccc3)C=CC(c3ccccc3)C2(C(=O)OC)C1N. The number of nitrogens with zero attached hydrogens (tertiary/aromatic N) is 2. The van der Waals surface area contributed by atoms with E-state index in [0.717, 1.165) is 11.1 Å². The second kappa shape index (κ2) is 7.76. The fraction of sp³-hybridized carbons (Fsp3) is 0.261. The van der Waals surface area contributed by atoms with Crippen molar-refractivity contribution in [2.24, 2.45) is 10.8 Å². The molecule has 0 aliphatic carbocycles. The molecule has 0 saturated carbocycles. The van der Waals surface area contributed by atoms with Crippen molar-refractivity contribution in [2.45, 2.75) is 23.5 Å². The first kappa shape index (κ1) is 19.8. The Kier molecular flexibility index (Phi) is 5.13. The van der Waals surface area contributed by atoms with Crippen LogP contribution < -0.4 is 5.73 Å². The Hall–Kier alpha value is -3.45. The lowest BCUT2D eigenvalue weighted by Gasteiger charge is -2.48. The summed E-state index contributed by atoms with van der Waals surface area (Å²) >= 11 is 0. The van der Waals surface area contributed by atoms with E-state index in [4.69, 9.17) is 15.2 Å². The number of rotatable bonds is 4. The van der Waals surface area contributed by atoms with E-state index in [9.17, 15) is 9.59 Å². The highest BCUT2D eigenvalue weighted by molar-refractivity contribution is 6.40. The third-order valence-corrected chi connectivity index (χ3v) is 5.79. The molecule has 4 atom stereocenters. The van der Waals surface area contributed by atoms with Crippen LogP contribution >= 0.6 is 0 Å². The van der Waals surface area contributed by atoms with Gasteiger partial charge in [-0.2, -0.15) is 5.10 Å². The van der Waals surface area contributed by atoms with Gasteiger partial charge < -0.3 is 15.2 Å². The number of hydrogen-bond acceptors (Lipinski definition) is 7. The maximum atomic E-state index is 13.4. The average molecular weight is 405 g/mol. The van der Waals surface area contributed by atoms with Crippen molar-refractivity contribution in [1.82, 2.24) is 5.01 Å². The van der Waals surface area contributed by atoms with Crippen molar-refractivity contribution in [3.63, 3.8) is 0 Å². The van der Waals surface area contributed by atoms with Crippen LogP contribution in [-0.2, 0) is 19.1 Å². The fourth-order valence-electron chi connectivity index (χ4n) is 4.40. The molecule has 2 aliphatic heterocycles. The Balaban J connectivity index is 1.96. The average Bonchev–Trinajstić information content (AvgIpc) is 3.12. The van der Waals surface area contributed by atoms with Crippen LogP contribution in [0.2, 0.25) is 0 Å². The second-order valence-corrected chi connectivity index (χ2v) is 7.24. The largest absolute Gasteiger partial charge is 0.467 e. The third kappa shape index (κ3) is 2.81. The summed E-state index contributed by atoms with van der Waals surface area (Å²) in [5.74, 6) is -1.71. The predicted molar refractivity (Wildman–Crippen MR) is 112 cm³/mol. The molecule has 2 aliphatic rings. The quantitative estimate of drug-likeness (QED) is 0.619. The van der Waals surface area contributed by atoms with Crippen molar-refractivity contribution in [1.29, 1.82) is 0 Å². The first-order chi connectivity index (χ1) is 14.6. The van der Waals surface area contributed by atoms with Gasteiger partial charge in [0.2, 0.25) is 0 Å². The van der Waals surface area contributed by atoms with Crippen LogP contribution in [0.25, 0.3) is 0 Å². The number of hydrogen-bond donors (Lipinski definition) is 1. The van der Waals surface area contributed by atoms with Crippen LogP contribution in [0.3, 0.4) is 0 Å². The van der Waals surface area contributed by atoms with Gasteiger partial charge in [0, 0.05) is 5.92 Å². The van der Waals surface area contributed by atoms with Gasteiger partial charge in [-0.1, -0.05) is 72.8 Å². The van der Waals surface area contributed by atoms with Crippen LogP contribution in [0, 0.1) is 0 Å². The summed E-state index contributed by atoms with van der Waals surface area (Å²) in [6.07, 6.45) is 3.93. The zero-order valence-corrected chi connectivity index (χ0v) is 16.8. The first-order valence-corrected chi connectivity index (χ1v) is 9.64. The fourth-order valence-corrected chi connectivity index (χ4v) is 4.40. The molecule has 30 heavy (non-hydrogen) atoms. The Morgan fingerprint density at radius 2 is 1.53 bits per heavy atom. The molecule has 2 heterocycles. The molecule has 4 rings (SSSR count). The molecule has 2 aromatic carbocycles. The highest BCUT2D eigenvalue weighted by Gasteiger charge is 2.64. The monoisotopic (exact) mass is 405 g/mol. The van der Waals surface area contributed by atoms with E-state index in [1.807, 2.05) is 72.8 Å². The number of carbonyl (C=O) groups is 2. The molecule has 0 saturated heterocycles. The van der Waals surface area contributed by atoms with Crippen molar-refractivity contribution in [2.75, 3.05) is 14.2 Å². The number of nitrogens with two attached hydrogens (primary N) is 1. The minimum Gasteiger partial charge on any atom is -0.467 e. The van der Waals surface area contributed by atoms with Gasteiger partial charge in [0.25, 0.3) is 0 Å². The molecule has 7 heteroatoms. The zero-order chi connectivity index (χ0) is 21.3. The number of carbonyl (C=O) groups excluding carboxylic acids is 2. The van der Waals surface area contributed by atoms with Crippen LogP contribution in [0.5, 0.6) is 0 Å². The van der Waals surface area contributed by atoms with Crippen molar-refractivity contribution < 1.29 is 19.1 Å². The predicted octanol–water partition coefficient (Wildman–Crippen LogP) is 2.16. The van der Waals surface area contributed by atoms with Gasteiger partial charge in [0.1, 0.15) is 0 Å². The number of esters is 2. The molecule has 0 amide bonds. The molecule has 7 nitrogen and oxygen atoms in total. The van der Waals surface area contributed by atoms with Crippen molar-refractivity contribution >= 4 is 17.7 Å². The lowest BCUT2D eigenvalue weighted by Crippen LogP contribution is -2.66. The maximum Gasteiger partial charge on any atom is 0.355 e. The molecule has 0 bridgehead atoms. The summed E-state index contributed by atoms with van der Waals surface area (Å²) in [7, 11) is 2.58. The Bertz CT molecular complexity index is 1010. The van der Waals surface area contributed by atoms with E-state index >= 15 is 0 Å². The smallest absolute Gasteiger partial charge is 0.355 e. The molecule has 2 aromatic rings. The van der Waals surface area contributed by atoms with E-state index < -0.39 is 35.5 Å². The van der Waals surface area contributed by atoms with Gasteiger partial charge in [-0.15, -0.1) is 0 Å². The maximum absolute atomic E-state index is 13.4. The Labute approximate surface area is 174 Å². The van der Waals surface area contributed by atoms with Gasteiger partial charge in [-0.25, -0.2) is 9.59 Å². The number of methoxy groups -OCH3 is 2. The van der Waals surface area contributed by atoms with Gasteiger partial charge in [-0.3, -0.25) is 5.01 Å². The number of fused-ring (bicyclic) bond motifs is 1. The summed E-state index contributed by atoms with van der Waals surface area (Å²) in [5, 5.41) is 6.15. The second-order valence-electron chi connectivity index (χ2n) is 7.24. The van der Waals surface area contributed by atoms with E-state index in [2.05, 4.69) is 5.10 Å². The van der Waals surface area contributed by atoms with E-state index in [1.54, 1.807) is 5.01 Å². The standard InChI is InChI=1S/C23H23N3O4/c1-29-21(27)19-20(24)23(22(28)30-2)17(15-9-5-3-6-10-15)13-14-18(26(23)25-19)16-11-7-4-8-12-16/h3-14,17-18,20H,24H2,1-2H3. The molecular weight excluding hydrogens is 382 g/mol. The minimum atomic E-state index is -1.44. The van der Waals surface area contributed by atoms with Gasteiger partial charge >= 0.3 is 11.9 Å². The van der Waals surface area contributed by atoms with Crippen molar-refractivity contribution in [3.8, 4) is 0 Å². The molecule has 0 radical (unpaired) electrons. The minimum absolute atomic E-state index is 0.00605. The van der Waals surface area contributed by atoms with Gasteiger partial charge in [0.15, 0.2) is 11.3 Å². The lowest BCUT2D eigenvalue weighted by atomic mass is 9.70. The summed E-state index contributed by atoms with van der Waals surface area (Å²) in [5.41, 5.74) is 6.92. The van der Waals surface area contributed by atoms with Gasteiger partial charge in [-0.05, 0) is 11.1 Å². The van der Waals surface area contributed by atoms with E-state index in [1.165, 1.54) is 14.2 Å². The molecule has 4 unspecified atom stereocenters. The normalized spacial score (nSPS) is 27.2. The molecule has 0 spiro atoms. The Morgan fingerprint density at radius 1 is 0.933 bits per heavy atom. The van der Waals surface area contributed by atoms with Gasteiger partial charge in [0.05, 0.1) is 26.3 Å². The Morgan fingerprint density at radius 3 is 2.10 bits per heavy atom. The zero-order valence-electron chi connectivity index (χ0n) is 16.8. The third-order valence-electron chi connectivity index (χ3n) is 5.79. The number of ether oxygens (including phenoxy) is 2. The molecule has 154 valence electrons. The number of hydrazone groups is 1. The van der Waals surface area contributed by atoms with Crippen LogP contribution in [-0.4, -0.2) is 48.5 Å². The lowest BCUT2D eigenvalue weighted by molar-refractivity contribution is -0.158.